The average molecular weight is 361 g/mol. The maximum absolute atomic E-state index is 12.6. The summed E-state index contributed by atoms with van der Waals surface area (Å²) < 4.78 is 5.20. The van der Waals surface area contributed by atoms with Crippen LogP contribution in [0.15, 0.2) is 9.52 Å². The van der Waals surface area contributed by atoms with Crippen molar-refractivity contribution >= 4 is 11.9 Å². The van der Waals surface area contributed by atoms with Gasteiger partial charge in [-0.05, 0) is 39.5 Å². The second-order valence-corrected chi connectivity index (χ2v) is 7.45. The molecule has 3 rings (SSSR count). The van der Waals surface area contributed by atoms with E-state index < -0.39 is 0 Å². The molecule has 2 N–H and O–H groups in total. The molecule has 0 spiro atoms. The van der Waals surface area contributed by atoms with Gasteiger partial charge in [0.05, 0.1) is 5.69 Å². The molecular formula is C19H31N5O2. The van der Waals surface area contributed by atoms with Gasteiger partial charge in [0, 0.05) is 44.2 Å². The highest BCUT2D eigenvalue weighted by Gasteiger charge is 2.32. The molecule has 1 saturated heterocycles. The maximum atomic E-state index is 12.6. The van der Waals surface area contributed by atoms with Crippen LogP contribution in [0.1, 0.15) is 49.1 Å². The Hall–Kier alpha value is -2.05. The molecule has 144 valence electrons. The number of carbonyl (C=O) groups is 1. The van der Waals surface area contributed by atoms with Crippen molar-refractivity contribution in [3.8, 4) is 0 Å². The van der Waals surface area contributed by atoms with Gasteiger partial charge in [-0.25, -0.2) is 0 Å². The number of hydrogen-bond acceptors (Lipinski definition) is 4. The van der Waals surface area contributed by atoms with E-state index in [0.29, 0.717) is 5.91 Å². The summed E-state index contributed by atoms with van der Waals surface area (Å²) in [5.41, 5.74) is 2.10. The van der Waals surface area contributed by atoms with Gasteiger partial charge in [-0.1, -0.05) is 18.0 Å². The summed E-state index contributed by atoms with van der Waals surface area (Å²) in [6.07, 6.45) is 6.36. The first-order valence-corrected chi connectivity index (χ1v) is 9.76. The Morgan fingerprint density at radius 2 is 2.08 bits per heavy atom. The number of rotatable bonds is 5. The van der Waals surface area contributed by atoms with Gasteiger partial charge >= 0.3 is 0 Å². The van der Waals surface area contributed by atoms with Crippen LogP contribution in [-0.4, -0.2) is 54.6 Å². The normalized spacial score (nSPS) is 21.4. The first-order chi connectivity index (χ1) is 12.6. The van der Waals surface area contributed by atoms with Crippen molar-refractivity contribution in [2.75, 3.05) is 26.7 Å². The van der Waals surface area contributed by atoms with Crippen molar-refractivity contribution in [2.45, 2.75) is 58.4 Å². The molecule has 1 aliphatic carbocycles. The Labute approximate surface area is 155 Å². The maximum Gasteiger partial charge on any atom is 0.225 e. The number of amides is 1. The Bertz CT molecular complexity index is 629. The standard InChI is InChI=1S/C19H31N5O2/c1-13-17(14(2)26-23-13)8-10-21-19(20-3)22-16-9-11-24(12-16)18(25)15-6-4-5-7-15/h15-16H,4-12H2,1-3H3,(H2,20,21,22). The summed E-state index contributed by atoms with van der Waals surface area (Å²) in [6, 6.07) is 0.269. The monoisotopic (exact) mass is 361 g/mol. The van der Waals surface area contributed by atoms with Crippen LogP contribution in [0.25, 0.3) is 0 Å². The third kappa shape index (κ3) is 4.37. The molecule has 0 radical (unpaired) electrons. The fourth-order valence-corrected chi connectivity index (χ4v) is 4.06. The van der Waals surface area contributed by atoms with Crippen molar-refractivity contribution < 1.29 is 9.32 Å². The smallest absolute Gasteiger partial charge is 0.225 e. The van der Waals surface area contributed by atoms with Crippen LogP contribution in [0.3, 0.4) is 0 Å². The van der Waals surface area contributed by atoms with Gasteiger partial charge in [0.25, 0.3) is 0 Å². The summed E-state index contributed by atoms with van der Waals surface area (Å²) in [6.45, 7) is 6.30. The van der Waals surface area contributed by atoms with E-state index in [-0.39, 0.29) is 12.0 Å². The number of hydrogen-bond donors (Lipinski definition) is 2. The summed E-state index contributed by atoms with van der Waals surface area (Å²) in [4.78, 5) is 18.9. The van der Waals surface area contributed by atoms with Crippen LogP contribution in [0.5, 0.6) is 0 Å². The van der Waals surface area contributed by atoms with Crippen molar-refractivity contribution in [2.24, 2.45) is 10.9 Å². The number of likely N-dealkylation sites (tertiary alicyclic amines) is 1. The van der Waals surface area contributed by atoms with E-state index in [4.69, 9.17) is 4.52 Å². The van der Waals surface area contributed by atoms with Gasteiger partial charge in [0.2, 0.25) is 5.91 Å². The number of nitrogens with zero attached hydrogens (tertiary/aromatic N) is 3. The van der Waals surface area contributed by atoms with Crippen LogP contribution >= 0.6 is 0 Å². The SMILES string of the molecule is CN=C(NCCc1c(C)noc1C)NC1CCN(C(=O)C2CCCC2)C1. The van der Waals surface area contributed by atoms with E-state index >= 15 is 0 Å². The van der Waals surface area contributed by atoms with Gasteiger partial charge in [-0.15, -0.1) is 0 Å². The molecule has 1 aromatic rings. The third-order valence-electron chi connectivity index (χ3n) is 5.62. The van der Waals surface area contributed by atoms with E-state index in [1.807, 2.05) is 18.7 Å². The Balaban J connectivity index is 1.43. The van der Waals surface area contributed by atoms with Crippen LogP contribution in [0.4, 0.5) is 0 Å². The summed E-state index contributed by atoms with van der Waals surface area (Å²) in [7, 11) is 1.78. The summed E-state index contributed by atoms with van der Waals surface area (Å²) in [5.74, 6) is 2.29. The predicted octanol–water partition coefficient (Wildman–Crippen LogP) is 1.79. The first kappa shape index (κ1) is 18.7. The zero-order chi connectivity index (χ0) is 18.5. The molecule has 7 nitrogen and oxygen atoms in total. The minimum atomic E-state index is 0.265. The van der Waals surface area contributed by atoms with E-state index in [1.165, 1.54) is 12.8 Å². The fourth-order valence-electron chi connectivity index (χ4n) is 4.06. The van der Waals surface area contributed by atoms with Gasteiger partial charge in [-0.2, -0.15) is 0 Å². The zero-order valence-electron chi connectivity index (χ0n) is 16.2. The number of nitrogens with one attached hydrogen (secondary N) is 2. The lowest BCUT2D eigenvalue weighted by atomic mass is 10.1. The predicted molar refractivity (Wildman–Crippen MR) is 101 cm³/mol. The highest BCUT2D eigenvalue weighted by atomic mass is 16.5. The minimum absolute atomic E-state index is 0.265. The molecule has 0 aromatic carbocycles. The van der Waals surface area contributed by atoms with Crippen molar-refractivity contribution in [3.05, 3.63) is 17.0 Å². The topological polar surface area (TPSA) is 82.8 Å². The molecule has 0 bridgehead atoms. The van der Waals surface area contributed by atoms with E-state index in [1.54, 1.807) is 7.05 Å². The number of aliphatic imine (C=N–C) groups is 1. The average Bonchev–Trinajstić information content (AvgIpc) is 3.38. The van der Waals surface area contributed by atoms with Gasteiger partial charge < -0.3 is 20.1 Å². The molecule has 1 saturated carbocycles. The Morgan fingerprint density at radius 3 is 2.73 bits per heavy atom. The van der Waals surface area contributed by atoms with Crippen LogP contribution < -0.4 is 10.6 Å². The van der Waals surface area contributed by atoms with E-state index in [0.717, 1.165) is 68.3 Å². The third-order valence-corrected chi connectivity index (χ3v) is 5.62. The molecule has 7 heteroatoms. The van der Waals surface area contributed by atoms with Crippen molar-refractivity contribution in [1.82, 2.24) is 20.7 Å². The highest BCUT2D eigenvalue weighted by Crippen LogP contribution is 2.27. The highest BCUT2D eigenvalue weighted by molar-refractivity contribution is 5.81. The first-order valence-electron chi connectivity index (χ1n) is 9.76. The molecule has 2 fully saturated rings. The van der Waals surface area contributed by atoms with Crippen LogP contribution in [0, 0.1) is 19.8 Å². The Kier molecular flexibility index (Phi) is 6.16. The molecule has 2 heterocycles. The lowest BCUT2D eigenvalue weighted by Gasteiger charge is -2.21. The summed E-state index contributed by atoms with van der Waals surface area (Å²) in [5, 5.41) is 10.8. The number of guanidine groups is 1. The quantitative estimate of drug-likeness (QED) is 0.617. The molecule has 1 amide bonds. The van der Waals surface area contributed by atoms with Gasteiger partial charge in [-0.3, -0.25) is 9.79 Å². The molecule has 1 unspecified atom stereocenters. The number of aryl methyl sites for hydroxylation is 2. The fraction of sp³-hybridized carbons (Fsp3) is 0.737. The number of aromatic nitrogens is 1. The summed E-state index contributed by atoms with van der Waals surface area (Å²) >= 11 is 0. The van der Waals surface area contributed by atoms with E-state index in [9.17, 15) is 4.79 Å². The Morgan fingerprint density at radius 1 is 1.31 bits per heavy atom. The molecule has 26 heavy (non-hydrogen) atoms. The second kappa shape index (κ2) is 8.56. The minimum Gasteiger partial charge on any atom is -0.361 e. The lowest BCUT2D eigenvalue weighted by molar-refractivity contribution is -0.134. The van der Waals surface area contributed by atoms with Crippen molar-refractivity contribution in [1.29, 1.82) is 0 Å². The molecule has 1 aromatic heterocycles. The number of carbonyl (C=O) groups excluding carboxylic acids is 1. The van der Waals surface area contributed by atoms with Crippen LogP contribution in [-0.2, 0) is 11.2 Å². The molecular weight excluding hydrogens is 330 g/mol. The molecule has 1 aliphatic heterocycles. The molecule has 1 atom stereocenters. The van der Waals surface area contributed by atoms with Crippen molar-refractivity contribution in [3.63, 3.8) is 0 Å². The second-order valence-electron chi connectivity index (χ2n) is 7.45. The van der Waals surface area contributed by atoms with Crippen LogP contribution in [0.2, 0.25) is 0 Å². The largest absolute Gasteiger partial charge is 0.361 e. The lowest BCUT2D eigenvalue weighted by Crippen LogP contribution is -2.45. The zero-order valence-corrected chi connectivity index (χ0v) is 16.2. The van der Waals surface area contributed by atoms with Gasteiger partial charge in [0.1, 0.15) is 5.76 Å². The van der Waals surface area contributed by atoms with Gasteiger partial charge in [0.15, 0.2) is 5.96 Å². The molecule has 2 aliphatic rings. The van der Waals surface area contributed by atoms with E-state index in [2.05, 4.69) is 20.8 Å².